The second-order valence-corrected chi connectivity index (χ2v) is 8.01. The average Bonchev–Trinajstić information content (AvgIpc) is 2.71. The van der Waals surface area contributed by atoms with Crippen LogP contribution in [0, 0.1) is 0 Å². The van der Waals surface area contributed by atoms with Gasteiger partial charge in [-0.25, -0.2) is 9.18 Å². The van der Waals surface area contributed by atoms with Gasteiger partial charge in [0.05, 0.1) is 12.3 Å². The predicted molar refractivity (Wildman–Crippen MR) is 85.6 cm³/mol. The quantitative estimate of drug-likeness (QED) is 0.768. The Balaban J connectivity index is 2.10. The van der Waals surface area contributed by atoms with E-state index in [-0.39, 0.29) is 20.9 Å². The van der Waals surface area contributed by atoms with E-state index in [2.05, 4.69) is 0 Å². The van der Waals surface area contributed by atoms with Gasteiger partial charge >= 0.3 is 6.09 Å². The fraction of sp³-hybridized carbons (Fsp3) is 0.533. The minimum Gasteiger partial charge on any atom is -0.444 e. The molecule has 1 aromatic rings. The van der Waals surface area contributed by atoms with Gasteiger partial charge in [0.15, 0.2) is 0 Å². The first kappa shape index (κ1) is 16.5. The number of ether oxygens (including phenoxy) is 1. The summed E-state index contributed by atoms with van der Waals surface area (Å²) in [7, 11) is 0.256. The van der Waals surface area contributed by atoms with E-state index < -0.39 is 17.9 Å². The number of hydrogen-bond acceptors (Lipinski definition) is 2. The second-order valence-electron chi connectivity index (χ2n) is 6.11. The lowest BCUT2D eigenvalue weighted by atomic mass is 10.2. The molecule has 1 aliphatic heterocycles. The number of rotatable bonds is 2. The Morgan fingerprint density at radius 1 is 1.43 bits per heavy atom. The van der Waals surface area contributed by atoms with Gasteiger partial charge in [-0.2, -0.15) is 0 Å². The maximum absolute atomic E-state index is 13.7. The summed E-state index contributed by atoms with van der Waals surface area (Å²) in [6.45, 7) is 5.51. The molecule has 1 fully saturated rings. The normalized spacial score (nSPS) is 23.0. The van der Waals surface area contributed by atoms with Crippen LogP contribution in [-0.2, 0) is 4.74 Å². The summed E-state index contributed by atoms with van der Waals surface area (Å²) in [4.78, 5) is 13.7. The van der Waals surface area contributed by atoms with Crippen LogP contribution in [0.3, 0.4) is 0 Å². The molecule has 0 N–H and O–H groups in total. The summed E-state index contributed by atoms with van der Waals surface area (Å²) in [5.41, 5.74) is -0.580. The molecule has 0 radical (unpaired) electrons. The minimum atomic E-state index is -1.00. The average molecular weight is 332 g/mol. The highest BCUT2D eigenvalue weighted by Crippen LogP contribution is 2.35. The Bertz CT molecular complexity index is 521. The van der Waals surface area contributed by atoms with E-state index in [1.165, 1.54) is 4.90 Å². The number of likely N-dealkylation sites (tertiary alicyclic amines) is 1. The van der Waals surface area contributed by atoms with Crippen LogP contribution in [0.2, 0.25) is 5.02 Å². The van der Waals surface area contributed by atoms with Gasteiger partial charge in [0.25, 0.3) is 0 Å². The molecule has 1 aromatic carbocycles. The Morgan fingerprint density at radius 3 is 2.71 bits per heavy atom. The Hall–Kier alpha value is -0.860. The summed E-state index contributed by atoms with van der Waals surface area (Å²) in [5, 5.41) is 1.61. The third-order valence-corrected chi connectivity index (χ3v) is 5.19. The Morgan fingerprint density at radius 2 is 2.10 bits per heavy atom. The molecule has 0 aromatic heterocycles. The largest absolute Gasteiger partial charge is 0.444 e. The molecule has 1 aliphatic rings. The standard InChI is InChI=1S/C15H20ClFNO2P/c1-15(2,3)20-14(19)18-9-10(17)8-13(18)21-12-7-5-4-6-11(12)16/h4-7,10,13,21H,8-9H2,1-3H3/t10-,13-/m0/s1. The molecule has 0 spiro atoms. The highest BCUT2D eigenvalue weighted by atomic mass is 35.5. The molecule has 1 unspecified atom stereocenters. The number of halogens is 2. The molecular weight excluding hydrogens is 312 g/mol. The summed E-state index contributed by atoms with van der Waals surface area (Å²) in [6, 6.07) is 7.48. The summed E-state index contributed by atoms with van der Waals surface area (Å²) < 4.78 is 19.1. The molecule has 0 saturated carbocycles. The van der Waals surface area contributed by atoms with Crippen LogP contribution in [0.15, 0.2) is 24.3 Å². The number of carbonyl (C=O) groups excluding carboxylic acids is 1. The topological polar surface area (TPSA) is 29.5 Å². The van der Waals surface area contributed by atoms with Crippen molar-refractivity contribution in [2.75, 3.05) is 6.54 Å². The van der Waals surface area contributed by atoms with E-state index in [1.54, 1.807) is 20.8 Å². The fourth-order valence-corrected chi connectivity index (χ4v) is 4.01. The minimum absolute atomic E-state index is 0.0943. The van der Waals surface area contributed by atoms with Crippen molar-refractivity contribution in [3.63, 3.8) is 0 Å². The molecule has 116 valence electrons. The van der Waals surface area contributed by atoms with Gasteiger partial charge in [-0.3, -0.25) is 4.90 Å². The molecule has 3 nitrogen and oxygen atoms in total. The molecule has 0 bridgehead atoms. The highest BCUT2D eigenvalue weighted by Gasteiger charge is 2.37. The van der Waals surface area contributed by atoms with Gasteiger partial charge in [-0.05, 0) is 32.1 Å². The van der Waals surface area contributed by atoms with Crippen LogP contribution < -0.4 is 5.30 Å². The zero-order valence-electron chi connectivity index (χ0n) is 12.4. The van der Waals surface area contributed by atoms with Crippen LogP contribution in [0.1, 0.15) is 27.2 Å². The molecule has 1 saturated heterocycles. The molecule has 21 heavy (non-hydrogen) atoms. The molecule has 1 amide bonds. The number of amides is 1. The highest BCUT2D eigenvalue weighted by molar-refractivity contribution is 7.48. The van der Waals surface area contributed by atoms with Crippen LogP contribution >= 0.6 is 20.2 Å². The van der Waals surface area contributed by atoms with Crippen molar-refractivity contribution >= 4 is 31.6 Å². The molecular formula is C15H20ClFNO2P. The van der Waals surface area contributed by atoms with Crippen molar-refractivity contribution in [3.8, 4) is 0 Å². The number of hydrogen-bond donors (Lipinski definition) is 0. The third kappa shape index (κ3) is 4.55. The van der Waals surface area contributed by atoms with Crippen molar-refractivity contribution < 1.29 is 13.9 Å². The Labute approximate surface area is 131 Å². The van der Waals surface area contributed by atoms with Gasteiger partial charge in [0.2, 0.25) is 0 Å². The van der Waals surface area contributed by atoms with Crippen molar-refractivity contribution in [1.82, 2.24) is 4.90 Å². The summed E-state index contributed by atoms with van der Waals surface area (Å²) in [6.07, 6.45) is -1.12. The van der Waals surface area contributed by atoms with Crippen LogP contribution in [0.5, 0.6) is 0 Å². The van der Waals surface area contributed by atoms with Gasteiger partial charge in [-0.15, -0.1) is 0 Å². The SMILES string of the molecule is CC(C)(C)OC(=O)N1C[C@@H](F)C[C@@H]1Pc1ccccc1Cl. The first-order valence-electron chi connectivity index (χ1n) is 6.91. The van der Waals surface area contributed by atoms with E-state index in [0.29, 0.717) is 11.4 Å². The Kier molecular flexibility index (Phi) is 5.11. The first-order chi connectivity index (χ1) is 9.76. The molecule has 1 heterocycles. The maximum atomic E-state index is 13.7. The molecule has 3 atom stereocenters. The van der Waals surface area contributed by atoms with Crippen LogP contribution in [0.25, 0.3) is 0 Å². The second kappa shape index (κ2) is 6.50. The maximum Gasteiger partial charge on any atom is 0.410 e. The zero-order chi connectivity index (χ0) is 15.6. The van der Waals surface area contributed by atoms with Gasteiger partial charge in [0.1, 0.15) is 11.8 Å². The monoisotopic (exact) mass is 331 g/mol. The molecule has 6 heteroatoms. The van der Waals surface area contributed by atoms with E-state index in [9.17, 15) is 9.18 Å². The van der Waals surface area contributed by atoms with Gasteiger partial charge < -0.3 is 4.74 Å². The lowest BCUT2D eigenvalue weighted by Crippen LogP contribution is -2.39. The van der Waals surface area contributed by atoms with Crippen molar-refractivity contribution in [2.45, 2.75) is 44.7 Å². The van der Waals surface area contributed by atoms with E-state index in [1.807, 2.05) is 24.3 Å². The zero-order valence-corrected chi connectivity index (χ0v) is 14.2. The predicted octanol–water partition coefficient (Wildman–Crippen LogP) is 3.95. The van der Waals surface area contributed by atoms with Crippen LogP contribution in [0.4, 0.5) is 9.18 Å². The van der Waals surface area contributed by atoms with Gasteiger partial charge in [-0.1, -0.05) is 38.4 Å². The van der Waals surface area contributed by atoms with Crippen LogP contribution in [-0.4, -0.2) is 35.1 Å². The van der Waals surface area contributed by atoms with Crippen molar-refractivity contribution in [1.29, 1.82) is 0 Å². The smallest absolute Gasteiger partial charge is 0.410 e. The number of benzene rings is 1. The van der Waals surface area contributed by atoms with Gasteiger partial charge in [0, 0.05) is 11.4 Å². The lowest BCUT2D eigenvalue weighted by molar-refractivity contribution is 0.0266. The van der Waals surface area contributed by atoms with Crippen molar-refractivity contribution in [3.05, 3.63) is 29.3 Å². The summed E-state index contributed by atoms with van der Waals surface area (Å²) >= 11 is 6.15. The first-order valence-corrected chi connectivity index (χ1v) is 8.36. The number of alkyl halides is 1. The number of nitrogens with zero attached hydrogens (tertiary/aromatic N) is 1. The fourth-order valence-electron chi connectivity index (χ4n) is 2.20. The lowest BCUT2D eigenvalue weighted by Gasteiger charge is -2.28. The molecule has 2 rings (SSSR count). The third-order valence-electron chi connectivity index (χ3n) is 3.07. The van der Waals surface area contributed by atoms with E-state index in [0.717, 1.165) is 5.30 Å². The summed E-state index contributed by atoms with van der Waals surface area (Å²) in [5.74, 6) is -0.185. The van der Waals surface area contributed by atoms with Crippen molar-refractivity contribution in [2.24, 2.45) is 0 Å². The van der Waals surface area contributed by atoms with E-state index >= 15 is 0 Å². The van der Waals surface area contributed by atoms with E-state index in [4.69, 9.17) is 16.3 Å². The molecule has 0 aliphatic carbocycles. The number of carbonyl (C=O) groups is 1.